The number of rotatable bonds is 6. The second-order valence-electron chi connectivity index (χ2n) is 4.87. The molecule has 6 nitrogen and oxygen atoms in total. The minimum Gasteiger partial charge on any atom is -0.478 e. The normalized spacial score (nSPS) is 11.9. The van der Waals surface area contributed by atoms with E-state index in [4.69, 9.17) is 9.37 Å². The van der Waals surface area contributed by atoms with Crippen molar-refractivity contribution in [2.24, 2.45) is 0 Å². The molecule has 2 heterocycles. The number of amides is 1. The van der Waals surface area contributed by atoms with Gasteiger partial charge in [0.1, 0.15) is 0 Å². The van der Waals surface area contributed by atoms with Crippen molar-refractivity contribution in [1.29, 1.82) is 0 Å². The van der Waals surface area contributed by atoms with Gasteiger partial charge in [-0.25, -0.2) is 9.02 Å². The fourth-order valence-electron chi connectivity index (χ4n) is 2.06. The summed E-state index contributed by atoms with van der Waals surface area (Å²) in [6, 6.07) is 9.64. The second kappa shape index (κ2) is 7.22. The topological polar surface area (TPSA) is 77.2 Å². The Morgan fingerprint density at radius 2 is 2.17 bits per heavy atom. The number of nitrogens with one attached hydrogen (secondary N) is 1. The maximum atomic E-state index is 13.7. The number of hydrogen-bond acceptors (Lipinski definition) is 6. The lowest BCUT2D eigenvalue weighted by atomic mass is 10.2. The van der Waals surface area contributed by atoms with Crippen LogP contribution in [0, 0.1) is 5.82 Å². The molecule has 2 aromatic heterocycles. The zero-order valence-electron chi connectivity index (χ0n) is 12.7. The lowest BCUT2D eigenvalue weighted by Crippen LogP contribution is -2.32. The number of benzene rings is 1. The van der Waals surface area contributed by atoms with E-state index in [1.165, 1.54) is 23.5 Å². The Bertz CT molecular complexity index is 820. The highest BCUT2D eigenvalue weighted by molar-refractivity contribution is 7.13. The molecule has 0 saturated heterocycles. The van der Waals surface area contributed by atoms with Crippen LogP contribution in [0.3, 0.4) is 0 Å². The molecular formula is C16H14FN3O3S. The Morgan fingerprint density at radius 1 is 1.33 bits per heavy atom. The van der Waals surface area contributed by atoms with E-state index in [1.54, 1.807) is 19.1 Å². The Hall–Kier alpha value is -2.74. The quantitative estimate of drug-likeness (QED) is 0.735. The van der Waals surface area contributed by atoms with Gasteiger partial charge < -0.3 is 10.1 Å². The number of carbonyl (C=O) groups is 1. The lowest BCUT2D eigenvalue weighted by molar-refractivity contribution is -0.122. The molecule has 1 aromatic carbocycles. The molecule has 0 radical (unpaired) electrons. The molecule has 124 valence electrons. The number of anilines is 1. The zero-order valence-corrected chi connectivity index (χ0v) is 13.5. The molecule has 0 bridgehead atoms. The van der Waals surface area contributed by atoms with E-state index in [1.807, 2.05) is 17.5 Å². The number of hydrogen-bond donors (Lipinski definition) is 1. The number of thiophene rings is 1. The van der Waals surface area contributed by atoms with Crippen LogP contribution >= 0.6 is 11.3 Å². The molecule has 1 unspecified atom stereocenters. The molecule has 24 heavy (non-hydrogen) atoms. The smallest absolute Gasteiger partial charge is 0.266 e. The maximum Gasteiger partial charge on any atom is 0.266 e. The first-order valence-corrected chi connectivity index (χ1v) is 8.15. The van der Waals surface area contributed by atoms with Crippen molar-refractivity contribution in [3.8, 4) is 16.3 Å². The average molecular weight is 347 g/mol. The van der Waals surface area contributed by atoms with Crippen LogP contribution in [0.2, 0.25) is 0 Å². The van der Waals surface area contributed by atoms with Gasteiger partial charge in [-0.05, 0) is 40.3 Å². The fourth-order valence-corrected chi connectivity index (χ4v) is 2.76. The van der Waals surface area contributed by atoms with Gasteiger partial charge in [0, 0.05) is 0 Å². The molecule has 3 aromatic rings. The van der Waals surface area contributed by atoms with Gasteiger partial charge in [-0.1, -0.05) is 25.1 Å². The highest BCUT2D eigenvalue weighted by Crippen LogP contribution is 2.28. The minimum absolute atomic E-state index is 0.0243. The molecule has 0 aliphatic carbocycles. The van der Waals surface area contributed by atoms with E-state index in [-0.39, 0.29) is 11.6 Å². The zero-order chi connectivity index (χ0) is 16.9. The highest BCUT2D eigenvalue weighted by Gasteiger charge is 2.23. The molecule has 1 atom stereocenters. The summed E-state index contributed by atoms with van der Waals surface area (Å²) < 4.78 is 23.9. The molecule has 0 aliphatic rings. The van der Waals surface area contributed by atoms with Gasteiger partial charge in [-0.3, -0.25) is 4.79 Å². The van der Waals surface area contributed by atoms with Crippen molar-refractivity contribution in [3.63, 3.8) is 0 Å². The number of aromatic nitrogens is 2. The Balaban J connectivity index is 1.74. The summed E-state index contributed by atoms with van der Waals surface area (Å²) in [6.07, 6.45) is -0.505. The highest BCUT2D eigenvalue weighted by atomic mass is 32.1. The van der Waals surface area contributed by atoms with E-state index < -0.39 is 17.8 Å². The van der Waals surface area contributed by atoms with Crippen LogP contribution in [-0.4, -0.2) is 22.3 Å². The first-order chi connectivity index (χ1) is 11.7. The number of nitrogens with zero attached hydrogens (tertiary/aromatic N) is 2. The summed E-state index contributed by atoms with van der Waals surface area (Å²) in [5, 5.41) is 12.0. The van der Waals surface area contributed by atoms with Gasteiger partial charge in [0.05, 0.1) is 4.88 Å². The molecule has 0 fully saturated rings. The van der Waals surface area contributed by atoms with Crippen molar-refractivity contribution in [2.45, 2.75) is 19.4 Å². The summed E-state index contributed by atoms with van der Waals surface area (Å²) >= 11 is 1.45. The SMILES string of the molecule is CCC(Oc1ccccc1F)C(=O)Nc1nonc1-c1cccs1. The molecule has 8 heteroatoms. The standard InChI is InChI=1S/C16H14FN3O3S/c1-2-11(22-12-7-4-3-6-10(12)17)16(21)18-15-14(19-23-20-15)13-8-5-9-24-13/h3-9,11H,2H2,1H3,(H,18,20,21). The predicted octanol–water partition coefficient (Wildman–Crippen LogP) is 3.73. The summed E-state index contributed by atoms with van der Waals surface area (Å²) in [5.41, 5.74) is 0.444. The summed E-state index contributed by atoms with van der Waals surface area (Å²) in [7, 11) is 0. The van der Waals surface area contributed by atoms with Crippen LogP contribution in [0.5, 0.6) is 5.75 Å². The van der Waals surface area contributed by atoms with Gasteiger partial charge in [0.15, 0.2) is 23.4 Å². The average Bonchev–Trinajstić information content (AvgIpc) is 3.25. The summed E-state index contributed by atoms with van der Waals surface area (Å²) in [6.45, 7) is 1.77. The monoisotopic (exact) mass is 347 g/mol. The van der Waals surface area contributed by atoms with Crippen molar-refractivity contribution >= 4 is 23.1 Å². The van der Waals surface area contributed by atoms with Crippen LogP contribution in [0.1, 0.15) is 13.3 Å². The van der Waals surface area contributed by atoms with Crippen LogP contribution < -0.4 is 10.1 Å². The van der Waals surface area contributed by atoms with E-state index in [9.17, 15) is 9.18 Å². The van der Waals surface area contributed by atoms with Crippen molar-refractivity contribution in [2.75, 3.05) is 5.32 Å². The van der Waals surface area contributed by atoms with Crippen molar-refractivity contribution in [3.05, 3.63) is 47.6 Å². The van der Waals surface area contributed by atoms with Crippen LogP contribution in [-0.2, 0) is 4.79 Å². The molecule has 0 saturated carbocycles. The fraction of sp³-hybridized carbons (Fsp3) is 0.188. The molecule has 1 N–H and O–H groups in total. The Labute approximate surface area is 141 Å². The van der Waals surface area contributed by atoms with Gasteiger partial charge in [-0.15, -0.1) is 11.3 Å². The van der Waals surface area contributed by atoms with Gasteiger partial charge in [0.25, 0.3) is 5.91 Å². The minimum atomic E-state index is -0.866. The lowest BCUT2D eigenvalue weighted by Gasteiger charge is -2.16. The van der Waals surface area contributed by atoms with E-state index in [0.29, 0.717) is 12.1 Å². The Morgan fingerprint density at radius 3 is 2.88 bits per heavy atom. The third kappa shape index (κ3) is 3.43. The second-order valence-corrected chi connectivity index (χ2v) is 5.82. The van der Waals surface area contributed by atoms with E-state index in [0.717, 1.165) is 4.88 Å². The number of para-hydroxylation sites is 1. The molecule has 0 spiro atoms. The van der Waals surface area contributed by atoms with Crippen LogP contribution in [0.4, 0.5) is 10.2 Å². The number of halogens is 1. The molecule has 0 aliphatic heterocycles. The summed E-state index contributed by atoms with van der Waals surface area (Å²) in [5.74, 6) is -0.741. The molecule has 1 amide bonds. The Kier molecular flexibility index (Phi) is 4.85. The van der Waals surface area contributed by atoms with Crippen molar-refractivity contribution in [1.82, 2.24) is 10.3 Å². The number of ether oxygens (including phenoxy) is 1. The molecular weight excluding hydrogens is 333 g/mol. The number of carbonyl (C=O) groups excluding carboxylic acids is 1. The maximum absolute atomic E-state index is 13.7. The van der Waals surface area contributed by atoms with E-state index >= 15 is 0 Å². The van der Waals surface area contributed by atoms with Crippen LogP contribution in [0.15, 0.2) is 46.4 Å². The molecule has 3 rings (SSSR count). The summed E-state index contributed by atoms with van der Waals surface area (Å²) in [4.78, 5) is 13.2. The van der Waals surface area contributed by atoms with Gasteiger partial charge >= 0.3 is 0 Å². The third-order valence-corrected chi connectivity index (χ3v) is 4.13. The predicted molar refractivity (Wildman–Crippen MR) is 87.3 cm³/mol. The van der Waals surface area contributed by atoms with Crippen molar-refractivity contribution < 1.29 is 18.6 Å². The first kappa shape index (κ1) is 16.1. The van der Waals surface area contributed by atoms with Gasteiger partial charge in [0.2, 0.25) is 5.82 Å². The first-order valence-electron chi connectivity index (χ1n) is 7.27. The third-order valence-electron chi connectivity index (χ3n) is 3.25. The van der Waals surface area contributed by atoms with E-state index in [2.05, 4.69) is 15.6 Å². The largest absolute Gasteiger partial charge is 0.478 e. The van der Waals surface area contributed by atoms with Gasteiger partial charge in [-0.2, -0.15) is 0 Å². The van der Waals surface area contributed by atoms with Crippen LogP contribution in [0.25, 0.3) is 10.6 Å².